The normalized spacial score (nSPS) is 20.4. The first-order chi connectivity index (χ1) is 11.1. The highest BCUT2D eigenvalue weighted by Gasteiger charge is 2.32. The van der Waals surface area contributed by atoms with Crippen LogP contribution in [0.1, 0.15) is 18.5 Å². The molecule has 1 aromatic carbocycles. The molecule has 0 spiro atoms. The van der Waals surface area contributed by atoms with Gasteiger partial charge >= 0.3 is 0 Å². The monoisotopic (exact) mass is 314 g/mol. The van der Waals surface area contributed by atoms with Crippen LogP contribution in [-0.4, -0.2) is 68.6 Å². The summed E-state index contributed by atoms with van der Waals surface area (Å²) < 4.78 is 1.57. The number of tetrazole rings is 1. The zero-order valence-electron chi connectivity index (χ0n) is 13.5. The molecule has 0 N–H and O–H groups in total. The molecule has 1 amide bonds. The van der Waals surface area contributed by atoms with Gasteiger partial charge in [0.15, 0.2) is 0 Å². The number of piperazine rings is 1. The molecule has 3 rings (SSSR count). The van der Waals surface area contributed by atoms with Crippen LogP contribution in [0.3, 0.4) is 0 Å². The number of carbonyl (C=O) groups is 1. The van der Waals surface area contributed by atoms with Crippen molar-refractivity contribution in [2.45, 2.75) is 25.4 Å². The Morgan fingerprint density at radius 2 is 2.09 bits per heavy atom. The van der Waals surface area contributed by atoms with Crippen molar-refractivity contribution in [2.24, 2.45) is 0 Å². The van der Waals surface area contributed by atoms with Gasteiger partial charge in [-0.15, -0.1) is 5.10 Å². The van der Waals surface area contributed by atoms with E-state index >= 15 is 0 Å². The Kier molecular flexibility index (Phi) is 4.66. The molecule has 0 radical (unpaired) electrons. The predicted octanol–water partition coefficient (Wildman–Crippen LogP) is 0.619. The minimum absolute atomic E-state index is 0.0850. The van der Waals surface area contributed by atoms with Gasteiger partial charge in [-0.2, -0.15) is 0 Å². The number of nitrogens with zero attached hydrogens (tertiary/aromatic N) is 6. The highest BCUT2D eigenvalue weighted by Crippen LogP contribution is 2.19. The third kappa shape index (κ3) is 3.56. The van der Waals surface area contributed by atoms with Crippen LogP contribution >= 0.6 is 0 Å². The molecule has 0 unspecified atom stereocenters. The van der Waals surface area contributed by atoms with Crippen molar-refractivity contribution < 1.29 is 4.79 Å². The molecule has 1 fully saturated rings. The summed E-state index contributed by atoms with van der Waals surface area (Å²) >= 11 is 0. The predicted molar refractivity (Wildman–Crippen MR) is 85.7 cm³/mol. The molecular weight excluding hydrogens is 292 g/mol. The van der Waals surface area contributed by atoms with Gasteiger partial charge in [-0.05, 0) is 30.0 Å². The topological polar surface area (TPSA) is 67.2 Å². The zero-order chi connectivity index (χ0) is 16.2. The number of benzene rings is 1. The lowest BCUT2D eigenvalue weighted by molar-refractivity contribution is -0.139. The van der Waals surface area contributed by atoms with Gasteiger partial charge in [0.1, 0.15) is 12.4 Å². The van der Waals surface area contributed by atoms with E-state index in [9.17, 15) is 4.79 Å². The standard InChI is InChI=1S/C16H22N6O/c1-13-11-20(2)8-9-21(13)16(23)15(22-12-17-18-19-22)10-14-6-4-3-5-7-14/h3-7,12-13,15H,8-11H2,1-2H3/t13-,15+/m1/s1. The second kappa shape index (κ2) is 6.87. The number of hydrogen-bond donors (Lipinski definition) is 0. The van der Waals surface area contributed by atoms with Crippen molar-refractivity contribution in [2.75, 3.05) is 26.7 Å². The molecule has 23 heavy (non-hydrogen) atoms. The minimum Gasteiger partial charge on any atom is -0.336 e. The lowest BCUT2D eigenvalue weighted by Gasteiger charge is -2.39. The maximum Gasteiger partial charge on any atom is 0.248 e. The number of rotatable bonds is 4. The number of carbonyl (C=O) groups excluding carboxylic acids is 1. The molecule has 122 valence electrons. The third-order valence-electron chi connectivity index (χ3n) is 4.35. The van der Waals surface area contributed by atoms with Gasteiger partial charge < -0.3 is 9.80 Å². The first-order valence-electron chi connectivity index (χ1n) is 7.90. The van der Waals surface area contributed by atoms with Crippen LogP contribution in [0.5, 0.6) is 0 Å². The van der Waals surface area contributed by atoms with Crippen molar-refractivity contribution in [1.29, 1.82) is 0 Å². The Bertz CT molecular complexity index is 629. The summed E-state index contributed by atoms with van der Waals surface area (Å²) in [4.78, 5) is 17.3. The summed E-state index contributed by atoms with van der Waals surface area (Å²) in [5.41, 5.74) is 1.10. The van der Waals surface area contributed by atoms with E-state index in [2.05, 4.69) is 34.4 Å². The fourth-order valence-corrected chi connectivity index (χ4v) is 3.10. The van der Waals surface area contributed by atoms with Crippen LogP contribution in [0.4, 0.5) is 0 Å². The number of hydrogen-bond acceptors (Lipinski definition) is 5. The number of amides is 1. The SMILES string of the molecule is C[C@@H]1CN(C)CCN1C(=O)[C@H](Cc1ccccc1)n1cnnn1. The van der Waals surface area contributed by atoms with Gasteiger partial charge in [-0.1, -0.05) is 30.3 Å². The molecular formula is C16H22N6O. The first-order valence-corrected chi connectivity index (χ1v) is 7.90. The Labute approximate surface area is 135 Å². The molecule has 2 heterocycles. The van der Waals surface area contributed by atoms with Crippen LogP contribution in [0.2, 0.25) is 0 Å². The highest BCUT2D eigenvalue weighted by molar-refractivity contribution is 5.81. The number of likely N-dealkylation sites (N-methyl/N-ethyl adjacent to an activating group) is 1. The number of aromatic nitrogens is 4. The summed E-state index contributed by atoms with van der Waals surface area (Å²) in [6.07, 6.45) is 2.11. The van der Waals surface area contributed by atoms with Crippen LogP contribution in [-0.2, 0) is 11.2 Å². The summed E-state index contributed by atoms with van der Waals surface area (Å²) in [5.74, 6) is 0.0850. The smallest absolute Gasteiger partial charge is 0.248 e. The Morgan fingerprint density at radius 3 is 2.74 bits per heavy atom. The molecule has 7 heteroatoms. The molecule has 0 bridgehead atoms. The van der Waals surface area contributed by atoms with E-state index in [1.54, 1.807) is 4.68 Å². The largest absolute Gasteiger partial charge is 0.336 e. The maximum atomic E-state index is 13.1. The van der Waals surface area contributed by atoms with E-state index in [1.165, 1.54) is 6.33 Å². The van der Waals surface area contributed by atoms with Gasteiger partial charge in [0.05, 0.1) is 0 Å². The molecule has 1 aliphatic rings. The first kappa shape index (κ1) is 15.6. The minimum atomic E-state index is -0.404. The second-order valence-corrected chi connectivity index (χ2v) is 6.14. The Hall–Kier alpha value is -2.28. The van der Waals surface area contributed by atoms with Gasteiger partial charge in [0.25, 0.3) is 0 Å². The van der Waals surface area contributed by atoms with Crippen molar-refractivity contribution in [1.82, 2.24) is 30.0 Å². The highest BCUT2D eigenvalue weighted by atomic mass is 16.2. The molecule has 1 aromatic heterocycles. The maximum absolute atomic E-state index is 13.1. The Morgan fingerprint density at radius 1 is 1.30 bits per heavy atom. The summed E-state index contributed by atoms with van der Waals surface area (Å²) in [5, 5.41) is 11.4. The van der Waals surface area contributed by atoms with Crippen molar-refractivity contribution in [3.8, 4) is 0 Å². The van der Waals surface area contributed by atoms with E-state index in [-0.39, 0.29) is 11.9 Å². The third-order valence-corrected chi connectivity index (χ3v) is 4.35. The van der Waals surface area contributed by atoms with Crippen LogP contribution in [0, 0.1) is 0 Å². The van der Waals surface area contributed by atoms with Crippen LogP contribution in [0.15, 0.2) is 36.7 Å². The molecule has 1 saturated heterocycles. The average molecular weight is 314 g/mol. The summed E-state index contributed by atoms with van der Waals surface area (Å²) in [6, 6.07) is 9.77. The fourth-order valence-electron chi connectivity index (χ4n) is 3.10. The van der Waals surface area contributed by atoms with E-state index < -0.39 is 6.04 Å². The van der Waals surface area contributed by atoms with Crippen molar-refractivity contribution in [3.63, 3.8) is 0 Å². The van der Waals surface area contributed by atoms with Gasteiger partial charge in [0, 0.05) is 32.1 Å². The Balaban J connectivity index is 1.82. The molecule has 2 aromatic rings. The average Bonchev–Trinajstić information content (AvgIpc) is 3.07. The van der Waals surface area contributed by atoms with Crippen LogP contribution in [0.25, 0.3) is 0 Å². The van der Waals surface area contributed by atoms with Gasteiger partial charge in [0.2, 0.25) is 5.91 Å². The summed E-state index contributed by atoms with van der Waals surface area (Å²) in [6.45, 7) is 4.61. The van der Waals surface area contributed by atoms with Crippen LogP contribution < -0.4 is 0 Å². The van der Waals surface area contributed by atoms with E-state index in [4.69, 9.17) is 0 Å². The zero-order valence-corrected chi connectivity index (χ0v) is 13.5. The van der Waals surface area contributed by atoms with Gasteiger partial charge in [-0.3, -0.25) is 4.79 Å². The lowest BCUT2D eigenvalue weighted by atomic mass is 10.0. The molecule has 2 atom stereocenters. The van der Waals surface area contributed by atoms with E-state index in [1.807, 2.05) is 35.2 Å². The molecule has 0 aliphatic carbocycles. The van der Waals surface area contributed by atoms with Crippen molar-refractivity contribution >= 4 is 5.91 Å². The molecule has 7 nitrogen and oxygen atoms in total. The quantitative estimate of drug-likeness (QED) is 0.827. The van der Waals surface area contributed by atoms with Gasteiger partial charge in [-0.25, -0.2) is 4.68 Å². The lowest BCUT2D eigenvalue weighted by Crippen LogP contribution is -2.54. The molecule has 0 saturated carbocycles. The second-order valence-electron chi connectivity index (χ2n) is 6.14. The van der Waals surface area contributed by atoms with E-state index in [0.29, 0.717) is 6.42 Å². The molecule has 1 aliphatic heterocycles. The van der Waals surface area contributed by atoms with Crippen molar-refractivity contribution in [3.05, 3.63) is 42.2 Å². The summed E-state index contributed by atoms with van der Waals surface area (Å²) in [7, 11) is 2.08. The van der Waals surface area contributed by atoms with E-state index in [0.717, 1.165) is 25.2 Å². The fraction of sp³-hybridized carbons (Fsp3) is 0.500.